The predicted octanol–water partition coefficient (Wildman–Crippen LogP) is 0.855. The van der Waals surface area contributed by atoms with E-state index in [1.165, 1.54) is 24.3 Å². The number of carboxylic acids is 1. The van der Waals surface area contributed by atoms with Crippen molar-refractivity contribution in [1.82, 2.24) is 0 Å². The number of aliphatic hydroxyl groups excluding tert-OH is 3. The van der Waals surface area contributed by atoms with Crippen LogP contribution in [0.3, 0.4) is 0 Å². The first kappa shape index (κ1) is 20.8. The Hall–Kier alpha value is -2.89. The number of aliphatic hydroxyl groups is 4. The van der Waals surface area contributed by atoms with E-state index in [1.807, 2.05) is 12.1 Å². The number of hydrogen-bond acceptors (Lipinski definition) is 9. The van der Waals surface area contributed by atoms with Crippen molar-refractivity contribution in [2.24, 2.45) is 10.2 Å². The van der Waals surface area contributed by atoms with Gasteiger partial charge in [0.15, 0.2) is 6.10 Å². The second-order valence-electron chi connectivity index (χ2n) is 6.54. The number of anilines is 1. The van der Waals surface area contributed by atoms with Gasteiger partial charge in [-0.15, -0.1) is 0 Å². The Kier molecular flexibility index (Phi) is 5.91. The fourth-order valence-electron chi connectivity index (χ4n) is 2.94. The lowest BCUT2D eigenvalue weighted by atomic mass is 9.88. The lowest BCUT2D eigenvalue weighted by molar-refractivity contribution is -0.349. The minimum Gasteiger partial charge on any atom is -0.479 e. The van der Waals surface area contributed by atoms with Crippen molar-refractivity contribution < 1.29 is 35.1 Å². The van der Waals surface area contributed by atoms with Crippen LogP contribution in [0.25, 0.3) is 0 Å². The van der Waals surface area contributed by atoms with E-state index in [0.717, 1.165) is 5.69 Å². The molecule has 0 aliphatic carbocycles. The molecule has 0 saturated carbocycles. The van der Waals surface area contributed by atoms with E-state index in [4.69, 9.17) is 9.84 Å². The van der Waals surface area contributed by atoms with E-state index in [2.05, 4.69) is 15.5 Å². The van der Waals surface area contributed by atoms with E-state index in [1.54, 1.807) is 19.2 Å². The standard InChI is InChI=1S/C19H21N3O7/c1-20-11-6-8-13(9-7-11)22-21-12-4-2-10(3-5-12)19(28)17(25)15(24)14(23)16(29-19)18(26)27/h2-9,14-17,20,23-25,28H,1H3,(H,26,27)/t14-,15-,16-,17+,19?/m0/s1. The summed E-state index contributed by atoms with van der Waals surface area (Å²) in [5, 5.41) is 60.8. The SMILES string of the molecule is CNc1ccc(N=Nc2ccc(C3(O)O[C@H](C(=O)O)[C@@H](O)[C@H](O)[C@H]3O)cc2)cc1. The lowest BCUT2D eigenvalue weighted by Gasteiger charge is -2.44. The fraction of sp³-hybridized carbons (Fsp3) is 0.316. The van der Waals surface area contributed by atoms with E-state index < -0.39 is 36.2 Å². The Morgan fingerprint density at radius 2 is 1.48 bits per heavy atom. The molecule has 3 rings (SSSR count). The van der Waals surface area contributed by atoms with Crippen molar-refractivity contribution in [2.45, 2.75) is 30.2 Å². The molecule has 1 unspecified atom stereocenters. The molecule has 10 nitrogen and oxygen atoms in total. The fourth-order valence-corrected chi connectivity index (χ4v) is 2.94. The zero-order valence-electron chi connectivity index (χ0n) is 15.4. The molecule has 2 aromatic rings. The quantitative estimate of drug-likeness (QED) is 0.400. The van der Waals surface area contributed by atoms with Crippen LogP contribution in [0.4, 0.5) is 17.1 Å². The lowest BCUT2D eigenvalue weighted by Crippen LogP contribution is -2.64. The van der Waals surface area contributed by atoms with Gasteiger partial charge in [0.2, 0.25) is 5.79 Å². The Balaban J connectivity index is 1.80. The molecule has 1 heterocycles. The van der Waals surface area contributed by atoms with E-state index in [0.29, 0.717) is 11.4 Å². The summed E-state index contributed by atoms with van der Waals surface area (Å²) in [6.07, 6.45) is -7.70. The molecule has 0 bridgehead atoms. The highest BCUT2D eigenvalue weighted by Gasteiger charge is 2.55. The topological polar surface area (TPSA) is 164 Å². The maximum atomic E-state index is 11.2. The van der Waals surface area contributed by atoms with Gasteiger partial charge in [-0.05, 0) is 36.4 Å². The van der Waals surface area contributed by atoms with Crippen molar-refractivity contribution in [3.8, 4) is 0 Å². The van der Waals surface area contributed by atoms with E-state index in [9.17, 15) is 25.2 Å². The molecule has 10 heteroatoms. The summed E-state index contributed by atoms with van der Waals surface area (Å²) in [5.74, 6) is -4.11. The molecular weight excluding hydrogens is 382 g/mol. The molecule has 0 radical (unpaired) electrons. The summed E-state index contributed by atoms with van der Waals surface area (Å²) in [6.45, 7) is 0. The molecule has 154 valence electrons. The van der Waals surface area contributed by atoms with Crippen molar-refractivity contribution in [3.05, 3.63) is 54.1 Å². The number of rotatable bonds is 5. The van der Waals surface area contributed by atoms with Gasteiger partial charge in [0.05, 0.1) is 11.4 Å². The molecule has 1 saturated heterocycles. The second-order valence-corrected chi connectivity index (χ2v) is 6.54. The highest BCUT2D eigenvalue weighted by Crippen LogP contribution is 2.37. The Morgan fingerprint density at radius 3 is 1.97 bits per heavy atom. The summed E-state index contributed by atoms with van der Waals surface area (Å²) < 4.78 is 5.04. The predicted molar refractivity (Wildman–Crippen MR) is 101 cm³/mol. The number of aliphatic carboxylic acids is 1. The van der Waals surface area contributed by atoms with Gasteiger partial charge in [0, 0.05) is 18.3 Å². The molecule has 2 aromatic carbocycles. The second kappa shape index (κ2) is 8.23. The Bertz CT molecular complexity index is 888. The monoisotopic (exact) mass is 403 g/mol. The highest BCUT2D eigenvalue weighted by atomic mass is 16.7. The molecule has 29 heavy (non-hydrogen) atoms. The smallest absolute Gasteiger partial charge is 0.335 e. The third-order valence-corrected chi connectivity index (χ3v) is 4.65. The zero-order valence-corrected chi connectivity index (χ0v) is 15.4. The molecule has 1 aliphatic heterocycles. The summed E-state index contributed by atoms with van der Waals surface area (Å²) >= 11 is 0. The van der Waals surface area contributed by atoms with Gasteiger partial charge < -0.3 is 35.6 Å². The summed E-state index contributed by atoms with van der Waals surface area (Å²) in [4.78, 5) is 11.2. The van der Waals surface area contributed by atoms with Crippen molar-refractivity contribution in [1.29, 1.82) is 0 Å². The van der Waals surface area contributed by atoms with Gasteiger partial charge in [-0.3, -0.25) is 0 Å². The van der Waals surface area contributed by atoms with Crippen LogP contribution in [-0.2, 0) is 15.3 Å². The number of hydrogen-bond donors (Lipinski definition) is 6. The number of carbonyl (C=O) groups is 1. The van der Waals surface area contributed by atoms with Crippen LogP contribution in [0, 0.1) is 0 Å². The van der Waals surface area contributed by atoms with Crippen LogP contribution in [0.15, 0.2) is 58.8 Å². The Morgan fingerprint density at radius 1 is 0.966 bits per heavy atom. The minimum absolute atomic E-state index is 0.0143. The normalized spacial score (nSPS) is 29.7. The van der Waals surface area contributed by atoms with Crippen LogP contribution in [0.1, 0.15) is 5.56 Å². The maximum Gasteiger partial charge on any atom is 0.335 e. The largest absolute Gasteiger partial charge is 0.479 e. The van der Waals surface area contributed by atoms with Gasteiger partial charge in [0.1, 0.15) is 18.3 Å². The number of ether oxygens (including phenoxy) is 1. The summed E-state index contributed by atoms with van der Waals surface area (Å²) in [5.41, 5.74) is 1.97. The van der Waals surface area contributed by atoms with Crippen LogP contribution in [0.5, 0.6) is 0 Å². The maximum absolute atomic E-state index is 11.2. The van der Waals surface area contributed by atoms with Gasteiger partial charge in [-0.2, -0.15) is 10.2 Å². The Labute approximate surface area is 165 Å². The minimum atomic E-state index is -2.53. The number of carboxylic acid groups (broad SMARTS) is 1. The third-order valence-electron chi connectivity index (χ3n) is 4.65. The molecule has 5 atom stereocenters. The van der Waals surface area contributed by atoms with Crippen molar-refractivity contribution in [3.63, 3.8) is 0 Å². The number of nitrogens with one attached hydrogen (secondary N) is 1. The van der Waals surface area contributed by atoms with Crippen molar-refractivity contribution in [2.75, 3.05) is 12.4 Å². The molecule has 0 spiro atoms. The molecule has 0 amide bonds. The molecular formula is C19H21N3O7. The summed E-state index contributed by atoms with van der Waals surface area (Å²) in [7, 11) is 1.80. The first-order chi connectivity index (χ1) is 13.8. The van der Waals surface area contributed by atoms with Crippen LogP contribution >= 0.6 is 0 Å². The average Bonchev–Trinajstić information content (AvgIpc) is 2.74. The highest BCUT2D eigenvalue weighted by molar-refractivity contribution is 5.73. The van der Waals surface area contributed by atoms with Gasteiger partial charge in [-0.25, -0.2) is 4.79 Å². The number of azo groups is 1. The molecule has 1 aliphatic rings. The van der Waals surface area contributed by atoms with Gasteiger partial charge in [0.25, 0.3) is 0 Å². The van der Waals surface area contributed by atoms with Crippen LogP contribution in [0.2, 0.25) is 0 Å². The first-order valence-corrected chi connectivity index (χ1v) is 8.73. The van der Waals surface area contributed by atoms with Gasteiger partial charge in [-0.1, -0.05) is 12.1 Å². The molecule has 1 fully saturated rings. The molecule has 6 N–H and O–H groups in total. The summed E-state index contributed by atoms with van der Waals surface area (Å²) in [6, 6.07) is 12.9. The zero-order chi connectivity index (χ0) is 21.2. The van der Waals surface area contributed by atoms with Crippen molar-refractivity contribution >= 4 is 23.0 Å². The average molecular weight is 403 g/mol. The van der Waals surface area contributed by atoms with E-state index in [-0.39, 0.29) is 5.56 Å². The van der Waals surface area contributed by atoms with Crippen LogP contribution in [-0.4, -0.2) is 63.0 Å². The van der Waals surface area contributed by atoms with Gasteiger partial charge >= 0.3 is 5.97 Å². The first-order valence-electron chi connectivity index (χ1n) is 8.73. The van der Waals surface area contributed by atoms with E-state index >= 15 is 0 Å². The third kappa shape index (κ3) is 4.11. The number of nitrogens with zero attached hydrogens (tertiary/aromatic N) is 2. The van der Waals surface area contributed by atoms with Crippen LogP contribution < -0.4 is 5.32 Å². The molecule has 0 aromatic heterocycles. The number of benzene rings is 2.